The van der Waals surface area contributed by atoms with Gasteiger partial charge in [-0.05, 0) is 23.8 Å². The van der Waals surface area contributed by atoms with Gasteiger partial charge in [0, 0.05) is 12.4 Å². The van der Waals surface area contributed by atoms with Crippen LogP contribution in [0.4, 0.5) is 5.82 Å². The fourth-order valence-electron chi connectivity index (χ4n) is 2.57. The van der Waals surface area contributed by atoms with Crippen molar-refractivity contribution < 1.29 is 4.74 Å². The molecule has 0 aliphatic carbocycles. The van der Waals surface area contributed by atoms with Crippen molar-refractivity contribution in [2.45, 2.75) is 6.54 Å². The summed E-state index contributed by atoms with van der Waals surface area (Å²) in [5, 5.41) is 13.6. The topological polar surface area (TPSA) is 90.4 Å². The van der Waals surface area contributed by atoms with Gasteiger partial charge in [-0.2, -0.15) is 10.2 Å². The Bertz CT molecular complexity index is 1060. The smallest absolute Gasteiger partial charge is 0.188 e. The molecule has 4 rings (SSSR count). The molecule has 0 aliphatic heterocycles. The Kier molecular flexibility index (Phi) is 4.29. The second kappa shape index (κ2) is 7.06. The van der Waals surface area contributed by atoms with Crippen molar-refractivity contribution in [1.29, 1.82) is 0 Å². The highest BCUT2D eigenvalue weighted by Crippen LogP contribution is 2.28. The maximum atomic E-state index is 5.41. The summed E-state index contributed by atoms with van der Waals surface area (Å²) in [5.74, 6) is 1.18. The minimum absolute atomic E-state index is 0.431. The Balaban J connectivity index is 1.69. The van der Waals surface area contributed by atoms with Crippen LogP contribution in [0, 0.1) is 0 Å². The van der Waals surface area contributed by atoms with E-state index in [1.54, 1.807) is 30.4 Å². The van der Waals surface area contributed by atoms with E-state index in [1.165, 1.54) is 6.33 Å². The molecule has 1 aromatic carbocycles. The third-order valence-corrected chi connectivity index (χ3v) is 3.80. The molecule has 0 N–H and O–H groups in total. The number of ether oxygens (including phenoxy) is 1. The molecule has 0 radical (unpaired) electrons. The van der Waals surface area contributed by atoms with Gasteiger partial charge in [-0.25, -0.2) is 14.6 Å². The van der Waals surface area contributed by atoms with Gasteiger partial charge in [-0.1, -0.05) is 18.2 Å². The van der Waals surface area contributed by atoms with Crippen LogP contribution in [0.25, 0.3) is 16.7 Å². The van der Waals surface area contributed by atoms with Crippen molar-refractivity contribution in [2.24, 2.45) is 10.2 Å². The summed E-state index contributed by atoms with van der Waals surface area (Å²) in [6.45, 7) is 0.431. The third kappa shape index (κ3) is 3.00. The van der Waals surface area contributed by atoms with Crippen molar-refractivity contribution in [3.63, 3.8) is 0 Å². The molecule has 0 atom stereocenters. The van der Waals surface area contributed by atoms with E-state index < -0.39 is 0 Å². The van der Waals surface area contributed by atoms with E-state index in [9.17, 15) is 0 Å². The van der Waals surface area contributed by atoms with Gasteiger partial charge in [0.1, 0.15) is 17.8 Å². The second-order valence-electron chi connectivity index (χ2n) is 5.42. The molecule has 8 nitrogen and oxygen atoms in total. The van der Waals surface area contributed by atoms with Crippen molar-refractivity contribution in [3.8, 4) is 11.4 Å². The quantitative estimate of drug-likeness (QED) is 0.516. The Morgan fingerprint density at radius 2 is 2.00 bits per heavy atom. The van der Waals surface area contributed by atoms with Gasteiger partial charge < -0.3 is 4.74 Å². The second-order valence-corrected chi connectivity index (χ2v) is 5.42. The standard InChI is InChI=1S/C18H15N7O/c1-26-16-7-3-2-6-15(16)25-18-14(11-23-25)17(20-12-21-18)24-22-10-13-5-4-8-19-9-13/h2-9,11-12H,10H2,1H3. The molecule has 3 aromatic heterocycles. The number of aromatic nitrogens is 5. The number of fused-ring (bicyclic) bond motifs is 1. The lowest BCUT2D eigenvalue weighted by Crippen LogP contribution is -2.00. The van der Waals surface area contributed by atoms with Gasteiger partial charge in [0.25, 0.3) is 0 Å². The molecule has 0 saturated heterocycles. The predicted molar refractivity (Wildman–Crippen MR) is 95.7 cm³/mol. The Labute approximate surface area is 149 Å². The number of benzene rings is 1. The zero-order valence-corrected chi connectivity index (χ0v) is 14.0. The van der Waals surface area contributed by atoms with Crippen LogP contribution in [0.3, 0.4) is 0 Å². The molecule has 0 unspecified atom stereocenters. The molecule has 0 bridgehead atoms. The highest BCUT2D eigenvalue weighted by atomic mass is 16.5. The molecule has 0 spiro atoms. The summed E-state index contributed by atoms with van der Waals surface area (Å²) in [6.07, 6.45) is 6.61. The van der Waals surface area contributed by atoms with Crippen LogP contribution in [-0.4, -0.2) is 31.8 Å². The van der Waals surface area contributed by atoms with E-state index in [0.29, 0.717) is 29.1 Å². The zero-order valence-electron chi connectivity index (χ0n) is 14.0. The number of pyridine rings is 1. The molecule has 128 valence electrons. The summed E-state index contributed by atoms with van der Waals surface area (Å²) in [7, 11) is 1.62. The van der Waals surface area contributed by atoms with Crippen LogP contribution in [0.15, 0.2) is 71.5 Å². The summed E-state index contributed by atoms with van der Waals surface area (Å²) < 4.78 is 7.11. The first-order valence-electron chi connectivity index (χ1n) is 7.95. The average Bonchev–Trinajstić information content (AvgIpc) is 3.13. The van der Waals surface area contributed by atoms with Crippen molar-refractivity contribution >= 4 is 16.9 Å². The lowest BCUT2D eigenvalue weighted by molar-refractivity contribution is 0.412. The van der Waals surface area contributed by atoms with Crippen molar-refractivity contribution in [3.05, 3.63) is 66.9 Å². The first kappa shape index (κ1) is 15.8. The Morgan fingerprint density at radius 1 is 1.08 bits per heavy atom. The third-order valence-electron chi connectivity index (χ3n) is 3.80. The van der Waals surface area contributed by atoms with Crippen LogP contribution in [0.1, 0.15) is 5.56 Å². The summed E-state index contributed by atoms with van der Waals surface area (Å²) in [5.41, 5.74) is 2.41. The molecular formula is C18H15N7O. The number of para-hydroxylation sites is 2. The van der Waals surface area contributed by atoms with E-state index in [4.69, 9.17) is 4.74 Å². The van der Waals surface area contributed by atoms with Crippen LogP contribution in [-0.2, 0) is 6.54 Å². The lowest BCUT2D eigenvalue weighted by atomic mass is 10.3. The van der Waals surface area contributed by atoms with Crippen LogP contribution in [0.5, 0.6) is 5.75 Å². The molecule has 0 aliphatic rings. The summed E-state index contributed by atoms with van der Waals surface area (Å²) >= 11 is 0. The average molecular weight is 345 g/mol. The molecule has 0 saturated carbocycles. The molecule has 0 amide bonds. The molecule has 26 heavy (non-hydrogen) atoms. The highest BCUT2D eigenvalue weighted by Gasteiger charge is 2.13. The van der Waals surface area contributed by atoms with Gasteiger partial charge in [0.15, 0.2) is 11.5 Å². The normalized spacial score (nSPS) is 11.3. The number of rotatable bonds is 5. The zero-order chi connectivity index (χ0) is 17.8. The van der Waals surface area contributed by atoms with Gasteiger partial charge in [-0.15, -0.1) is 5.11 Å². The predicted octanol–water partition coefficient (Wildman–Crippen LogP) is 3.50. The number of hydrogen-bond donors (Lipinski definition) is 0. The number of methoxy groups -OCH3 is 1. The highest BCUT2D eigenvalue weighted by molar-refractivity contribution is 5.85. The maximum Gasteiger partial charge on any atom is 0.188 e. The molecule has 0 fully saturated rings. The molecule has 3 heterocycles. The van der Waals surface area contributed by atoms with E-state index in [1.807, 2.05) is 36.4 Å². The maximum absolute atomic E-state index is 5.41. The van der Waals surface area contributed by atoms with E-state index in [-0.39, 0.29) is 0 Å². The first-order valence-corrected chi connectivity index (χ1v) is 7.95. The van der Waals surface area contributed by atoms with Gasteiger partial charge in [0.2, 0.25) is 0 Å². The van der Waals surface area contributed by atoms with Gasteiger partial charge in [0.05, 0.1) is 25.2 Å². The molecule has 4 aromatic rings. The number of azo groups is 1. The lowest BCUT2D eigenvalue weighted by Gasteiger charge is -2.08. The summed E-state index contributed by atoms with van der Waals surface area (Å²) in [6, 6.07) is 11.4. The van der Waals surface area contributed by atoms with Crippen LogP contribution in [0.2, 0.25) is 0 Å². The largest absolute Gasteiger partial charge is 0.494 e. The van der Waals surface area contributed by atoms with Gasteiger partial charge in [-0.3, -0.25) is 4.98 Å². The fourth-order valence-corrected chi connectivity index (χ4v) is 2.57. The minimum Gasteiger partial charge on any atom is -0.494 e. The molecular weight excluding hydrogens is 330 g/mol. The Morgan fingerprint density at radius 3 is 2.85 bits per heavy atom. The molecule has 8 heteroatoms. The van der Waals surface area contributed by atoms with Crippen LogP contribution < -0.4 is 4.74 Å². The monoisotopic (exact) mass is 345 g/mol. The van der Waals surface area contributed by atoms with E-state index >= 15 is 0 Å². The fraction of sp³-hybridized carbons (Fsp3) is 0.111. The van der Waals surface area contributed by atoms with Gasteiger partial charge >= 0.3 is 0 Å². The van der Waals surface area contributed by atoms with E-state index in [2.05, 4.69) is 30.3 Å². The number of hydrogen-bond acceptors (Lipinski definition) is 7. The van der Waals surface area contributed by atoms with E-state index in [0.717, 1.165) is 11.3 Å². The van der Waals surface area contributed by atoms with Crippen molar-refractivity contribution in [2.75, 3.05) is 7.11 Å². The number of nitrogens with zero attached hydrogens (tertiary/aromatic N) is 7. The first-order chi connectivity index (χ1) is 12.9. The van der Waals surface area contributed by atoms with Crippen molar-refractivity contribution in [1.82, 2.24) is 24.7 Å². The summed E-state index contributed by atoms with van der Waals surface area (Å²) in [4.78, 5) is 12.6. The Hall–Kier alpha value is -3.68. The van der Waals surface area contributed by atoms with Crippen LogP contribution >= 0.6 is 0 Å². The SMILES string of the molecule is COc1ccccc1-n1ncc2c(N=NCc3cccnc3)ncnc21. The minimum atomic E-state index is 0.431.